The highest BCUT2D eigenvalue weighted by atomic mass is 16.3. The molecule has 1 aliphatic rings. The zero-order valence-electron chi connectivity index (χ0n) is 9.12. The summed E-state index contributed by atoms with van der Waals surface area (Å²) in [6.07, 6.45) is 7.17. The molecule has 1 N–H and O–H groups in total. The highest BCUT2D eigenvalue weighted by Crippen LogP contribution is 2.38. The lowest BCUT2D eigenvalue weighted by atomic mass is 9.71. The van der Waals surface area contributed by atoms with Gasteiger partial charge in [0.05, 0.1) is 11.5 Å². The Morgan fingerprint density at radius 2 is 1.86 bits per heavy atom. The number of aliphatic hydroxyl groups excluding tert-OH is 1. The van der Waals surface area contributed by atoms with Gasteiger partial charge in [-0.25, -0.2) is 0 Å². The molecular weight excluding hydrogens is 176 g/mol. The van der Waals surface area contributed by atoms with E-state index in [4.69, 9.17) is 0 Å². The Balaban J connectivity index is 2.77. The van der Waals surface area contributed by atoms with E-state index >= 15 is 0 Å². The van der Waals surface area contributed by atoms with Crippen molar-refractivity contribution in [3.05, 3.63) is 11.6 Å². The molecule has 2 nitrogen and oxygen atoms in total. The van der Waals surface area contributed by atoms with Crippen LogP contribution in [0, 0.1) is 5.41 Å². The Labute approximate surface area is 86.0 Å². The number of rotatable bonds is 3. The summed E-state index contributed by atoms with van der Waals surface area (Å²) in [5.74, 6) is 0. The minimum absolute atomic E-state index is 0.491. The molecule has 0 spiro atoms. The SMILES string of the molecule is CC(C)=CC(O)C1(C=O)CCCCC1. The third-order valence-corrected chi connectivity index (χ3v) is 3.10. The fraction of sp³-hybridized carbons (Fsp3) is 0.750. The van der Waals surface area contributed by atoms with Crippen LogP contribution in [0.5, 0.6) is 0 Å². The highest BCUT2D eigenvalue weighted by Gasteiger charge is 2.37. The van der Waals surface area contributed by atoms with Gasteiger partial charge in [0.1, 0.15) is 6.29 Å². The molecule has 14 heavy (non-hydrogen) atoms. The molecule has 0 heterocycles. The predicted molar refractivity (Wildman–Crippen MR) is 57.0 cm³/mol. The van der Waals surface area contributed by atoms with Gasteiger partial charge in [0.25, 0.3) is 0 Å². The van der Waals surface area contributed by atoms with Gasteiger partial charge in [0.2, 0.25) is 0 Å². The summed E-state index contributed by atoms with van der Waals surface area (Å²) >= 11 is 0. The van der Waals surface area contributed by atoms with Crippen molar-refractivity contribution < 1.29 is 9.90 Å². The zero-order valence-corrected chi connectivity index (χ0v) is 9.12. The molecule has 1 aliphatic carbocycles. The molecule has 1 fully saturated rings. The topological polar surface area (TPSA) is 37.3 Å². The number of aliphatic hydroxyl groups is 1. The molecule has 0 amide bonds. The van der Waals surface area contributed by atoms with E-state index in [1.807, 2.05) is 13.8 Å². The maximum Gasteiger partial charge on any atom is 0.129 e. The van der Waals surface area contributed by atoms with Crippen molar-refractivity contribution in [2.75, 3.05) is 0 Å². The van der Waals surface area contributed by atoms with Crippen LogP contribution in [0.2, 0.25) is 0 Å². The van der Waals surface area contributed by atoms with Gasteiger partial charge in [-0.2, -0.15) is 0 Å². The van der Waals surface area contributed by atoms with Gasteiger partial charge in [0.15, 0.2) is 0 Å². The molecule has 0 bridgehead atoms. The summed E-state index contributed by atoms with van der Waals surface area (Å²) in [5, 5.41) is 9.99. The van der Waals surface area contributed by atoms with Gasteiger partial charge < -0.3 is 9.90 Å². The van der Waals surface area contributed by atoms with Gasteiger partial charge >= 0.3 is 0 Å². The van der Waals surface area contributed by atoms with E-state index in [0.29, 0.717) is 0 Å². The van der Waals surface area contributed by atoms with E-state index in [0.717, 1.165) is 37.5 Å². The van der Waals surface area contributed by atoms with Crippen molar-refractivity contribution in [2.45, 2.75) is 52.1 Å². The minimum atomic E-state index is -0.592. The fourth-order valence-corrected chi connectivity index (χ4v) is 2.18. The van der Waals surface area contributed by atoms with Gasteiger partial charge in [-0.05, 0) is 26.7 Å². The lowest BCUT2D eigenvalue weighted by Crippen LogP contribution is -2.37. The summed E-state index contributed by atoms with van der Waals surface area (Å²) in [7, 11) is 0. The van der Waals surface area contributed by atoms with E-state index in [2.05, 4.69) is 0 Å². The fourth-order valence-electron chi connectivity index (χ4n) is 2.18. The number of carbonyl (C=O) groups is 1. The van der Waals surface area contributed by atoms with Crippen LogP contribution in [0.1, 0.15) is 46.0 Å². The predicted octanol–water partition coefficient (Wildman–Crippen LogP) is 2.46. The van der Waals surface area contributed by atoms with Gasteiger partial charge in [0, 0.05) is 0 Å². The van der Waals surface area contributed by atoms with E-state index in [1.165, 1.54) is 6.42 Å². The number of hydrogen-bond donors (Lipinski definition) is 1. The molecule has 1 unspecified atom stereocenters. The third kappa shape index (κ3) is 2.44. The van der Waals surface area contributed by atoms with E-state index in [9.17, 15) is 9.90 Å². The zero-order chi connectivity index (χ0) is 10.6. The Kier molecular flexibility index (Phi) is 3.87. The molecule has 0 aromatic heterocycles. The molecule has 0 aliphatic heterocycles. The van der Waals surface area contributed by atoms with Crippen molar-refractivity contribution in [2.24, 2.45) is 5.41 Å². The van der Waals surface area contributed by atoms with E-state index in [1.54, 1.807) is 6.08 Å². The second-order valence-electron chi connectivity index (χ2n) is 4.60. The van der Waals surface area contributed by atoms with Gasteiger partial charge in [-0.3, -0.25) is 0 Å². The number of aldehydes is 1. The summed E-state index contributed by atoms with van der Waals surface area (Å²) in [6, 6.07) is 0. The first-order valence-corrected chi connectivity index (χ1v) is 5.40. The highest BCUT2D eigenvalue weighted by molar-refractivity contribution is 5.61. The monoisotopic (exact) mass is 196 g/mol. The Bertz CT molecular complexity index is 220. The summed E-state index contributed by atoms with van der Waals surface area (Å²) in [6.45, 7) is 3.90. The van der Waals surface area contributed by atoms with Crippen LogP contribution in [0.4, 0.5) is 0 Å². The van der Waals surface area contributed by atoms with Gasteiger partial charge in [-0.15, -0.1) is 0 Å². The minimum Gasteiger partial charge on any atom is -0.388 e. The second kappa shape index (κ2) is 4.74. The van der Waals surface area contributed by atoms with Crippen LogP contribution >= 0.6 is 0 Å². The molecule has 1 rings (SSSR count). The maximum atomic E-state index is 11.1. The Hall–Kier alpha value is -0.630. The average Bonchev–Trinajstić information content (AvgIpc) is 2.18. The molecule has 0 aromatic carbocycles. The molecule has 80 valence electrons. The lowest BCUT2D eigenvalue weighted by Gasteiger charge is -2.35. The first-order chi connectivity index (χ1) is 6.60. The maximum absolute atomic E-state index is 11.1. The number of carbonyl (C=O) groups excluding carboxylic acids is 1. The summed E-state index contributed by atoms with van der Waals surface area (Å²) in [5.41, 5.74) is 0.583. The smallest absolute Gasteiger partial charge is 0.129 e. The quantitative estimate of drug-likeness (QED) is 0.556. The molecule has 0 saturated heterocycles. The third-order valence-electron chi connectivity index (χ3n) is 3.10. The van der Waals surface area contributed by atoms with Crippen LogP contribution in [-0.4, -0.2) is 17.5 Å². The first-order valence-electron chi connectivity index (χ1n) is 5.40. The Morgan fingerprint density at radius 1 is 1.29 bits per heavy atom. The molecule has 2 heteroatoms. The average molecular weight is 196 g/mol. The second-order valence-corrected chi connectivity index (χ2v) is 4.60. The molecule has 1 atom stereocenters. The van der Waals surface area contributed by atoms with Crippen LogP contribution in [0.25, 0.3) is 0 Å². The molecular formula is C12H20O2. The lowest BCUT2D eigenvalue weighted by molar-refractivity contribution is -0.123. The van der Waals surface area contributed by atoms with Crippen LogP contribution in [-0.2, 0) is 4.79 Å². The van der Waals surface area contributed by atoms with Crippen LogP contribution in [0.3, 0.4) is 0 Å². The Morgan fingerprint density at radius 3 is 2.29 bits per heavy atom. The van der Waals surface area contributed by atoms with Crippen molar-refractivity contribution in [1.82, 2.24) is 0 Å². The standard InChI is InChI=1S/C12H20O2/c1-10(2)8-11(14)12(9-13)6-4-3-5-7-12/h8-9,11,14H,3-7H2,1-2H3. The van der Waals surface area contributed by atoms with Crippen LogP contribution in [0.15, 0.2) is 11.6 Å². The van der Waals surface area contributed by atoms with E-state index in [-0.39, 0.29) is 0 Å². The summed E-state index contributed by atoms with van der Waals surface area (Å²) in [4.78, 5) is 11.1. The van der Waals surface area contributed by atoms with E-state index < -0.39 is 11.5 Å². The largest absolute Gasteiger partial charge is 0.388 e. The van der Waals surface area contributed by atoms with Crippen LogP contribution < -0.4 is 0 Å². The molecule has 0 aromatic rings. The van der Waals surface area contributed by atoms with Crippen molar-refractivity contribution in [1.29, 1.82) is 0 Å². The van der Waals surface area contributed by atoms with Crippen molar-refractivity contribution >= 4 is 6.29 Å². The van der Waals surface area contributed by atoms with Crippen molar-refractivity contribution in [3.8, 4) is 0 Å². The molecule has 0 radical (unpaired) electrons. The summed E-state index contributed by atoms with van der Waals surface area (Å²) < 4.78 is 0. The molecule has 1 saturated carbocycles. The number of hydrogen-bond acceptors (Lipinski definition) is 2. The number of allylic oxidation sites excluding steroid dienone is 1. The van der Waals surface area contributed by atoms with Crippen molar-refractivity contribution in [3.63, 3.8) is 0 Å². The first kappa shape index (κ1) is 11.4. The normalized spacial score (nSPS) is 22.5. The van der Waals surface area contributed by atoms with Gasteiger partial charge in [-0.1, -0.05) is 30.9 Å².